The summed E-state index contributed by atoms with van der Waals surface area (Å²) in [6.07, 6.45) is -3.49. The largest absolute Gasteiger partial charge is 0.465 e. The van der Waals surface area contributed by atoms with Crippen LogP contribution in [-0.2, 0) is 29.7 Å². The number of halogens is 3. The molecule has 7 nitrogen and oxygen atoms in total. The highest BCUT2D eigenvalue weighted by Crippen LogP contribution is 2.48. The van der Waals surface area contributed by atoms with Crippen molar-refractivity contribution >= 4 is 17.7 Å². The van der Waals surface area contributed by atoms with Crippen LogP contribution in [0.2, 0.25) is 0 Å². The maximum Gasteiger partial charge on any atom is 0.407 e. The molecule has 2 aromatic rings. The molecular formula is C24H27F3N4O3. The van der Waals surface area contributed by atoms with E-state index in [9.17, 15) is 27.9 Å². The molecule has 1 aromatic carbocycles. The zero-order valence-electron chi connectivity index (χ0n) is 18.9. The smallest absolute Gasteiger partial charge is 0.407 e. The van der Waals surface area contributed by atoms with Gasteiger partial charge in [-0.05, 0) is 37.3 Å². The van der Waals surface area contributed by atoms with Crippen LogP contribution < -0.4 is 4.90 Å². The van der Waals surface area contributed by atoms with Gasteiger partial charge in [-0.2, -0.15) is 13.2 Å². The van der Waals surface area contributed by atoms with E-state index in [1.807, 2.05) is 28.8 Å². The van der Waals surface area contributed by atoms with Crippen molar-refractivity contribution in [1.82, 2.24) is 14.5 Å². The van der Waals surface area contributed by atoms with Gasteiger partial charge >= 0.3 is 12.3 Å². The summed E-state index contributed by atoms with van der Waals surface area (Å²) in [6.45, 7) is 2.63. The van der Waals surface area contributed by atoms with Crippen LogP contribution in [0.4, 0.5) is 23.7 Å². The van der Waals surface area contributed by atoms with Crippen molar-refractivity contribution < 1.29 is 27.9 Å². The number of rotatable bonds is 5. The number of carboxylic acid groups (broad SMARTS) is 1. The average molecular weight is 476 g/mol. The first-order chi connectivity index (χ1) is 16.1. The fourth-order valence-corrected chi connectivity index (χ4v) is 5.69. The first-order valence-electron chi connectivity index (χ1n) is 11.6. The molecule has 1 spiro atoms. The van der Waals surface area contributed by atoms with Gasteiger partial charge in [0.15, 0.2) is 0 Å². The lowest BCUT2D eigenvalue weighted by molar-refractivity contribution is -0.136. The Morgan fingerprint density at radius 2 is 2.00 bits per heavy atom. The number of likely N-dealkylation sites (tertiary alicyclic amines) is 1. The third-order valence-electron chi connectivity index (χ3n) is 7.40. The Kier molecular flexibility index (Phi) is 5.37. The Bertz CT molecular complexity index is 1140. The SMILES string of the molecule is CC1CCCc2c1nc(CN1C(=O)C3(CN(C(=O)O)C3)c3ccccc31)n2CCCC(F)(F)F. The van der Waals surface area contributed by atoms with Gasteiger partial charge in [0, 0.05) is 43.4 Å². The molecule has 5 rings (SSSR count). The first kappa shape index (κ1) is 22.7. The summed E-state index contributed by atoms with van der Waals surface area (Å²) in [5.74, 6) is 0.632. The van der Waals surface area contributed by atoms with E-state index >= 15 is 0 Å². The summed E-state index contributed by atoms with van der Waals surface area (Å²) < 4.78 is 40.4. The van der Waals surface area contributed by atoms with E-state index in [0.717, 1.165) is 36.2 Å². The van der Waals surface area contributed by atoms with Crippen LogP contribution in [0.1, 0.15) is 61.3 Å². The highest BCUT2D eigenvalue weighted by molar-refractivity contribution is 6.09. The Balaban J connectivity index is 1.47. The van der Waals surface area contributed by atoms with Gasteiger partial charge in [0.25, 0.3) is 0 Å². The number of benzene rings is 1. The van der Waals surface area contributed by atoms with Crippen LogP contribution >= 0.6 is 0 Å². The molecule has 1 unspecified atom stereocenters. The fraction of sp³-hybridized carbons (Fsp3) is 0.542. The van der Waals surface area contributed by atoms with Crippen molar-refractivity contribution in [1.29, 1.82) is 0 Å². The second-order valence-electron chi connectivity index (χ2n) is 9.65. The van der Waals surface area contributed by atoms with E-state index in [1.165, 1.54) is 4.90 Å². The van der Waals surface area contributed by atoms with Crippen LogP contribution in [0.25, 0.3) is 0 Å². The molecule has 1 N–H and O–H groups in total. The van der Waals surface area contributed by atoms with Gasteiger partial charge in [-0.3, -0.25) is 4.79 Å². The lowest BCUT2D eigenvalue weighted by atomic mass is 9.75. The van der Waals surface area contributed by atoms with Gasteiger partial charge in [0.2, 0.25) is 5.91 Å². The van der Waals surface area contributed by atoms with Crippen LogP contribution in [0.15, 0.2) is 24.3 Å². The minimum absolute atomic E-state index is 0.0459. The molecule has 2 amide bonds. The van der Waals surface area contributed by atoms with E-state index in [0.29, 0.717) is 11.5 Å². The number of anilines is 1. The maximum absolute atomic E-state index is 13.6. The summed E-state index contributed by atoms with van der Waals surface area (Å²) in [5, 5.41) is 9.31. The molecular weight excluding hydrogens is 449 g/mol. The van der Waals surface area contributed by atoms with Crippen LogP contribution in [0.5, 0.6) is 0 Å². The number of alkyl halides is 3. The number of hydrogen-bond donors (Lipinski definition) is 1. The number of nitrogens with zero attached hydrogens (tertiary/aromatic N) is 4. The highest BCUT2D eigenvalue weighted by Gasteiger charge is 2.59. The molecule has 1 aromatic heterocycles. The average Bonchev–Trinajstić information content (AvgIpc) is 3.21. The number of aromatic nitrogens is 2. The van der Waals surface area contributed by atoms with E-state index in [4.69, 9.17) is 4.98 Å². The number of fused-ring (bicyclic) bond motifs is 3. The number of para-hydroxylation sites is 1. The molecule has 3 heterocycles. The second kappa shape index (κ2) is 8.02. The molecule has 34 heavy (non-hydrogen) atoms. The standard InChI is InChI=1S/C24H27F3N4O3/c1-15-6-4-9-18-20(15)28-19(30(18)11-5-10-24(25,26)27)12-31-17-8-3-2-7-16(17)23(21(31)32)13-29(14-23)22(33)34/h2-3,7-8,15H,4-6,9-14H2,1H3,(H,33,34). The molecule has 0 radical (unpaired) electrons. The lowest BCUT2D eigenvalue weighted by Gasteiger charge is -2.45. The van der Waals surface area contributed by atoms with Crippen molar-refractivity contribution in [3.05, 3.63) is 47.0 Å². The zero-order valence-corrected chi connectivity index (χ0v) is 18.9. The molecule has 10 heteroatoms. The van der Waals surface area contributed by atoms with Crippen LogP contribution in [0, 0.1) is 0 Å². The number of imidazole rings is 1. The van der Waals surface area contributed by atoms with Gasteiger partial charge in [-0.15, -0.1) is 0 Å². The summed E-state index contributed by atoms with van der Waals surface area (Å²) in [6, 6.07) is 7.36. The zero-order chi connectivity index (χ0) is 24.3. The third-order valence-corrected chi connectivity index (χ3v) is 7.40. The molecule has 1 atom stereocenters. The molecule has 0 bridgehead atoms. The van der Waals surface area contributed by atoms with E-state index in [1.54, 1.807) is 4.90 Å². The Hall–Kier alpha value is -3.04. The minimum Gasteiger partial charge on any atom is -0.465 e. The molecule has 1 aliphatic carbocycles. The summed E-state index contributed by atoms with van der Waals surface area (Å²) in [4.78, 5) is 32.7. The van der Waals surface area contributed by atoms with Gasteiger partial charge < -0.3 is 19.5 Å². The van der Waals surface area contributed by atoms with Crippen molar-refractivity contribution in [2.24, 2.45) is 0 Å². The highest BCUT2D eigenvalue weighted by atomic mass is 19.4. The molecule has 0 saturated carbocycles. The number of carbonyl (C=O) groups is 2. The summed E-state index contributed by atoms with van der Waals surface area (Å²) in [7, 11) is 0. The van der Waals surface area contributed by atoms with E-state index < -0.39 is 24.1 Å². The van der Waals surface area contributed by atoms with Crippen LogP contribution in [0.3, 0.4) is 0 Å². The molecule has 182 valence electrons. The van der Waals surface area contributed by atoms with Gasteiger partial charge in [0.05, 0.1) is 12.2 Å². The summed E-state index contributed by atoms with van der Waals surface area (Å²) in [5.41, 5.74) is 2.50. The van der Waals surface area contributed by atoms with Gasteiger partial charge in [-0.1, -0.05) is 25.1 Å². The van der Waals surface area contributed by atoms with Crippen molar-refractivity contribution in [3.63, 3.8) is 0 Å². The minimum atomic E-state index is -4.22. The van der Waals surface area contributed by atoms with Crippen molar-refractivity contribution in [3.8, 4) is 0 Å². The number of hydrogen-bond acceptors (Lipinski definition) is 3. The predicted octanol–water partition coefficient (Wildman–Crippen LogP) is 4.44. The predicted molar refractivity (Wildman–Crippen MR) is 118 cm³/mol. The number of carbonyl (C=O) groups excluding carboxylic acids is 1. The van der Waals surface area contributed by atoms with E-state index in [-0.39, 0.29) is 44.4 Å². The van der Waals surface area contributed by atoms with Crippen molar-refractivity contribution in [2.45, 2.75) is 69.6 Å². The second-order valence-corrected chi connectivity index (χ2v) is 9.65. The third kappa shape index (κ3) is 3.63. The van der Waals surface area contributed by atoms with E-state index in [2.05, 4.69) is 6.92 Å². The molecule has 2 aliphatic heterocycles. The molecule has 1 fully saturated rings. The molecule has 3 aliphatic rings. The molecule has 1 saturated heterocycles. The summed E-state index contributed by atoms with van der Waals surface area (Å²) >= 11 is 0. The van der Waals surface area contributed by atoms with Crippen LogP contribution in [-0.4, -0.2) is 50.8 Å². The maximum atomic E-state index is 13.6. The normalized spacial score (nSPS) is 20.9. The Morgan fingerprint density at radius 3 is 2.71 bits per heavy atom. The Morgan fingerprint density at radius 1 is 1.26 bits per heavy atom. The van der Waals surface area contributed by atoms with Gasteiger partial charge in [-0.25, -0.2) is 9.78 Å². The Labute approximate surface area is 195 Å². The monoisotopic (exact) mass is 476 g/mol. The quantitative estimate of drug-likeness (QED) is 0.692. The number of amides is 2. The topological polar surface area (TPSA) is 78.7 Å². The first-order valence-corrected chi connectivity index (χ1v) is 11.6. The van der Waals surface area contributed by atoms with Crippen molar-refractivity contribution in [2.75, 3.05) is 18.0 Å². The lowest BCUT2D eigenvalue weighted by Crippen LogP contribution is -2.65. The van der Waals surface area contributed by atoms with Gasteiger partial charge in [0.1, 0.15) is 11.2 Å². The fourth-order valence-electron chi connectivity index (χ4n) is 5.69.